The molecule has 3 saturated heterocycles. The first-order valence-corrected chi connectivity index (χ1v) is 7.58. The molecule has 0 aromatic heterocycles. The molecule has 3 aliphatic heterocycles. The van der Waals surface area contributed by atoms with Gasteiger partial charge in [-0.2, -0.15) is 0 Å². The fraction of sp³-hybridized carbons (Fsp3) is 0.929. The number of hydrogen-bond acceptors (Lipinski definition) is 3. The van der Waals surface area contributed by atoms with E-state index in [9.17, 15) is 4.79 Å². The van der Waals surface area contributed by atoms with Gasteiger partial charge in [0.2, 0.25) is 5.91 Å². The van der Waals surface area contributed by atoms with E-state index in [0.29, 0.717) is 11.9 Å². The summed E-state index contributed by atoms with van der Waals surface area (Å²) < 4.78 is 0. The van der Waals surface area contributed by atoms with Crippen molar-refractivity contribution in [3.05, 3.63) is 0 Å². The molecule has 0 saturated carbocycles. The zero-order valence-electron chi connectivity index (χ0n) is 11.2. The summed E-state index contributed by atoms with van der Waals surface area (Å²) >= 11 is 0. The van der Waals surface area contributed by atoms with Gasteiger partial charge >= 0.3 is 0 Å². The molecule has 0 aromatic rings. The highest BCUT2D eigenvalue weighted by Gasteiger charge is 2.34. The molecule has 3 heterocycles. The van der Waals surface area contributed by atoms with Gasteiger partial charge in [0.25, 0.3) is 0 Å². The summed E-state index contributed by atoms with van der Waals surface area (Å²) in [5.74, 6) is 0.653. The van der Waals surface area contributed by atoms with Crippen molar-refractivity contribution in [1.82, 2.24) is 15.1 Å². The maximum absolute atomic E-state index is 12.4. The van der Waals surface area contributed by atoms with Gasteiger partial charge < -0.3 is 10.2 Å². The van der Waals surface area contributed by atoms with Gasteiger partial charge in [0.05, 0.1) is 5.92 Å². The highest BCUT2D eigenvalue weighted by atomic mass is 16.2. The number of carbonyl (C=O) groups excluding carboxylic acids is 1. The Morgan fingerprint density at radius 3 is 2.61 bits per heavy atom. The summed E-state index contributed by atoms with van der Waals surface area (Å²) in [5.41, 5.74) is 0. The molecule has 3 fully saturated rings. The van der Waals surface area contributed by atoms with Crippen LogP contribution in [0.5, 0.6) is 0 Å². The monoisotopic (exact) mass is 251 g/mol. The van der Waals surface area contributed by atoms with Crippen LogP contribution in [0.25, 0.3) is 0 Å². The Labute approximate surface area is 110 Å². The van der Waals surface area contributed by atoms with Crippen molar-refractivity contribution < 1.29 is 4.79 Å². The maximum atomic E-state index is 12.4. The Bertz CT molecular complexity index is 295. The van der Waals surface area contributed by atoms with Crippen LogP contribution in [-0.2, 0) is 4.79 Å². The standard InChI is InChI=1S/C14H25N3O/c18-14(12-4-3-6-15-10-12)17-9-5-13(11-17)16-7-1-2-8-16/h12-13,15H,1-11H2. The van der Waals surface area contributed by atoms with Crippen molar-refractivity contribution in [1.29, 1.82) is 0 Å². The van der Waals surface area contributed by atoms with Gasteiger partial charge in [-0.1, -0.05) is 0 Å². The molecule has 0 spiro atoms. The minimum atomic E-state index is 0.246. The summed E-state index contributed by atoms with van der Waals surface area (Å²) in [6, 6.07) is 0.646. The first-order chi connectivity index (χ1) is 8.84. The first-order valence-electron chi connectivity index (χ1n) is 7.58. The lowest BCUT2D eigenvalue weighted by molar-refractivity contribution is -0.135. The largest absolute Gasteiger partial charge is 0.341 e. The Balaban J connectivity index is 1.52. The van der Waals surface area contributed by atoms with Gasteiger partial charge in [0, 0.05) is 25.7 Å². The summed E-state index contributed by atoms with van der Waals surface area (Å²) in [5, 5.41) is 3.35. The normalized spacial score (nSPS) is 34.1. The second-order valence-corrected chi connectivity index (χ2v) is 6.01. The molecule has 0 bridgehead atoms. The van der Waals surface area contributed by atoms with Crippen LogP contribution in [0.3, 0.4) is 0 Å². The lowest BCUT2D eigenvalue weighted by Gasteiger charge is -2.28. The summed E-state index contributed by atoms with van der Waals surface area (Å²) in [7, 11) is 0. The molecular weight excluding hydrogens is 226 g/mol. The van der Waals surface area contributed by atoms with E-state index in [1.54, 1.807) is 0 Å². The number of hydrogen-bond donors (Lipinski definition) is 1. The predicted octanol–water partition coefficient (Wildman–Crippen LogP) is 0.683. The molecule has 3 aliphatic rings. The number of nitrogens with one attached hydrogen (secondary N) is 1. The number of nitrogens with zero attached hydrogens (tertiary/aromatic N) is 2. The Morgan fingerprint density at radius 1 is 1.06 bits per heavy atom. The third-order valence-corrected chi connectivity index (χ3v) is 4.78. The molecule has 1 N–H and O–H groups in total. The zero-order chi connectivity index (χ0) is 12.4. The third-order valence-electron chi connectivity index (χ3n) is 4.78. The Hall–Kier alpha value is -0.610. The van der Waals surface area contributed by atoms with Crippen LogP contribution < -0.4 is 5.32 Å². The van der Waals surface area contributed by atoms with Crippen LogP contribution in [0, 0.1) is 5.92 Å². The van der Waals surface area contributed by atoms with E-state index in [4.69, 9.17) is 0 Å². The highest BCUT2D eigenvalue weighted by Crippen LogP contribution is 2.23. The third kappa shape index (κ3) is 2.54. The van der Waals surface area contributed by atoms with Crippen molar-refractivity contribution >= 4 is 5.91 Å². The average molecular weight is 251 g/mol. The van der Waals surface area contributed by atoms with E-state index in [2.05, 4.69) is 15.1 Å². The molecular formula is C14H25N3O. The van der Waals surface area contributed by atoms with Crippen LogP contribution in [0.4, 0.5) is 0 Å². The molecule has 2 unspecified atom stereocenters. The van der Waals surface area contributed by atoms with Crippen LogP contribution in [-0.4, -0.2) is 61.0 Å². The Morgan fingerprint density at radius 2 is 1.89 bits per heavy atom. The van der Waals surface area contributed by atoms with Crippen LogP contribution in [0.1, 0.15) is 32.1 Å². The van der Waals surface area contributed by atoms with E-state index < -0.39 is 0 Å². The lowest BCUT2D eigenvalue weighted by Crippen LogP contribution is -2.43. The number of carbonyl (C=O) groups is 1. The van der Waals surface area contributed by atoms with E-state index in [1.165, 1.54) is 32.4 Å². The molecule has 102 valence electrons. The minimum Gasteiger partial charge on any atom is -0.341 e. The van der Waals surface area contributed by atoms with Crippen LogP contribution >= 0.6 is 0 Å². The van der Waals surface area contributed by atoms with Gasteiger partial charge in [-0.25, -0.2) is 0 Å². The quantitative estimate of drug-likeness (QED) is 0.784. The summed E-state index contributed by atoms with van der Waals surface area (Å²) in [6.45, 7) is 6.44. The van der Waals surface area contributed by atoms with E-state index in [0.717, 1.165) is 39.0 Å². The number of amides is 1. The number of piperidine rings is 1. The van der Waals surface area contributed by atoms with Crippen molar-refractivity contribution in [2.45, 2.75) is 38.1 Å². The van der Waals surface area contributed by atoms with Gasteiger partial charge in [0.15, 0.2) is 0 Å². The molecule has 18 heavy (non-hydrogen) atoms. The van der Waals surface area contributed by atoms with Gasteiger partial charge in [0.1, 0.15) is 0 Å². The predicted molar refractivity (Wildman–Crippen MR) is 71.4 cm³/mol. The van der Waals surface area contributed by atoms with Gasteiger partial charge in [-0.3, -0.25) is 9.69 Å². The van der Waals surface area contributed by atoms with Crippen molar-refractivity contribution in [3.63, 3.8) is 0 Å². The average Bonchev–Trinajstić information content (AvgIpc) is 3.09. The fourth-order valence-corrected chi connectivity index (χ4v) is 3.67. The lowest BCUT2D eigenvalue weighted by atomic mass is 9.98. The van der Waals surface area contributed by atoms with E-state index >= 15 is 0 Å². The summed E-state index contributed by atoms with van der Waals surface area (Å²) in [6.07, 6.45) is 6.11. The van der Waals surface area contributed by atoms with Gasteiger partial charge in [-0.15, -0.1) is 0 Å². The zero-order valence-corrected chi connectivity index (χ0v) is 11.2. The fourth-order valence-electron chi connectivity index (χ4n) is 3.67. The molecule has 2 atom stereocenters. The first kappa shape index (κ1) is 12.4. The van der Waals surface area contributed by atoms with Gasteiger partial charge in [-0.05, 0) is 51.7 Å². The SMILES string of the molecule is O=C(C1CCCNC1)N1CCC(N2CCCC2)C1. The molecule has 4 heteroatoms. The molecule has 0 aliphatic carbocycles. The Kier molecular flexibility index (Phi) is 3.85. The smallest absolute Gasteiger partial charge is 0.227 e. The highest BCUT2D eigenvalue weighted by molar-refractivity contribution is 5.79. The molecule has 0 radical (unpaired) electrons. The number of rotatable bonds is 2. The second-order valence-electron chi connectivity index (χ2n) is 6.01. The number of likely N-dealkylation sites (tertiary alicyclic amines) is 2. The van der Waals surface area contributed by atoms with Crippen LogP contribution in [0.15, 0.2) is 0 Å². The molecule has 4 nitrogen and oxygen atoms in total. The second kappa shape index (κ2) is 5.57. The van der Waals surface area contributed by atoms with Crippen LogP contribution in [0.2, 0.25) is 0 Å². The molecule has 1 amide bonds. The molecule has 3 rings (SSSR count). The van der Waals surface area contributed by atoms with Crippen molar-refractivity contribution in [2.75, 3.05) is 39.3 Å². The van der Waals surface area contributed by atoms with E-state index in [1.807, 2.05) is 0 Å². The van der Waals surface area contributed by atoms with Crippen molar-refractivity contribution in [2.24, 2.45) is 5.92 Å². The summed E-state index contributed by atoms with van der Waals surface area (Å²) in [4.78, 5) is 17.1. The topological polar surface area (TPSA) is 35.6 Å². The maximum Gasteiger partial charge on any atom is 0.227 e. The minimum absolute atomic E-state index is 0.246. The molecule has 0 aromatic carbocycles. The van der Waals surface area contributed by atoms with E-state index in [-0.39, 0.29) is 5.92 Å². The van der Waals surface area contributed by atoms with Crippen molar-refractivity contribution in [3.8, 4) is 0 Å².